The maximum atomic E-state index is 13.2. The first-order chi connectivity index (χ1) is 17.5. The number of rotatable bonds is 4. The Balaban J connectivity index is 1.27. The van der Waals surface area contributed by atoms with Crippen LogP contribution in [0.1, 0.15) is 75.4 Å². The van der Waals surface area contributed by atoms with Crippen LogP contribution in [0.25, 0.3) is 5.57 Å². The van der Waals surface area contributed by atoms with Crippen molar-refractivity contribution in [3.63, 3.8) is 0 Å². The van der Waals surface area contributed by atoms with Gasteiger partial charge in [0.2, 0.25) is 0 Å². The van der Waals surface area contributed by atoms with Crippen molar-refractivity contribution in [1.82, 2.24) is 4.98 Å². The summed E-state index contributed by atoms with van der Waals surface area (Å²) in [5.41, 5.74) is 2.72. The Morgan fingerprint density at radius 1 is 1.16 bits per heavy atom. The van der Waals surface area contributed by atoms with Crippen LogP contribution in [0, 0.1) is 40.4 Å². The first-order valence-corrected chi connectivity index (χ1v) is 14.6. The van der Waals surface area contributed by atoms with Gasteiger partial charge in [-0.3, -0.25) is 0 Å². The Morgan fingerprint density at radius 2 is 1.97 bits per heavy atom. The van der Waals surface area contributed by atoms with E-state index in [-0.39, 0.29) is 12.0 Å². The molecule has 0 bridgehead atoms. The topological polar surface area (TPSA) is 45.1 Å². The highest BCUT2D eigenvalue weighted by atomic mass is 32.1. The minimum Gasteiger partial charge on any atom is -0.396 e. The van der Waals surface area contributed by atoms with E-state index in [1.165, 1.54) is 42.2 Å². The van der Waals surface area contributed by atoms with Gasteiger partial charge in [-0.2, -0.15) is 13.2 Å². The van der Waals surface area contributed by atoms with Gasteiger partial charge in [0.05, 0.1) is 16.1 Å². The van der Waals surface area contributed by atoms with Gasteiger partial charge in [-0.15, -0.1) is 0 Å². The molecular formula is C30H37F3N2OS. The molecule has 4 aliphatic rings. The van der Waals surface area contributed by atoms with Crippen molar-refractivity contribution in [3.05, 3.63) is 46.5 Å². The summed E-state index contributed by atoms with van der Waals surface area (Å²) in [6, 6.07) is 5.35. The summed E-state index contributed by atoms with van der Waals surface area (Å²) >= 11 is 1.59. The molecule has 1 heterocycles. The second kappa shape index (κ2) is 8.84. The molecule has 7 heteroatoms. The average Bonchev–Trinajstić information content (AvgIpc) is 3.43. The molecule has 2 aromatic rings. The third-order valence-corrected chi connectivity index (χ3v) is 11.8. The second-order valence-electron chi connectivity index (χ2n) is 12.5. The fourth-order valence-electron chi connectivity index (χ4n) is 8.93. The fraction of sp³-hybridized carbons (Fsp3) is 0.633. The maximum Gasteiger partial charge on any atom is 0.416 e. The van der Waals surface area contributed by atoms with Crippen LogP contribution in [0.15, 0.2) is 30.3 Å². The predicted molar refractivity (Wildman–Crippen MR) is 143 cm³/mol. The number of alkyl halides is 3. The number of anilines is 2. The maximum absolute atomic E-state index is 13.2. The van der Waals surface area contributed by atoms with Crippen LogP contribution in [0.2, 0.25) is 0 Å². The number of benzene rings is 1. The minimum atomic E-state index is -4.36. The lowest BCUT2D eigenvalue weighted by Crippen LogP contribution is -2.50. The molecule has 0 radical (unpaired) electrons. The van der Waals surface area contributed by atoms with Gasteiger partial charge in [0, 0.05) is 12.3 Å². The number of thiazole rings is 1. The standard InChI is InChI=1S/C30H37F3N2OS/c1-17(16-36)21-9-10-22-20-7-8-24-26-25(12-14-29(24,3)23(20)11-13-28(21,22)2)35-27(37-26)34-19-6-4-5-18(15-19)30(31,32)33/h4-6,8,15,17,20-23,36H,7,9-14,16H2,1-3H3,(H,34,35)/t17-,20+,21-,22+,23+,28-,29-/m1/s1. The average molecular weight is 531 g/mol. The third-order valence-electron chi connectivity index (χ3n) is 10.8. The zero-order valence-corrected chi connectivity index (χ0v) is 22.7. The predicted octanol–water partition coefficient (Wildman–Crippen LogP) is 8.33. The van der Waals surface area contributed by atoms with Gasteiger partial charge < -0.3 is 10.4 Å². The van der Waals surface area contributed by atoms with E-state index in [2.05, 4.69) is 32.2 Å². The highest BCUT2D eigenvalue weighted by molar-refractivity contribution is 7.16. The summed E-state index contributed by atoms with van der Waals surface area (Å²) < 4.78 is 39.5. The summed E-state index contributed by atoms with van der Waals surface area (Å²) in [7, 11) is 0. The number of hydrogen-bond acceptors (Lipinski definition) is 4. The van der Waals surface area contributed by atoms with E-state index in [0.717, 1.165) is 43.0 Å². The Kier molecular flexibility index (Phi) is 6.07. The second-order valence-corrected chi connectivity index (χ2v) is 13.5. The van der Waals surface area contributed by atoms with Crippen LogP contribution in [0.5, 0.6) is 0 Å². The number of nitrogens with one attached hydrogen (secondary N) is 1. The Labute approximate surface area is 221 Å². The van der Waals surface area contributed by atoms with Crippen molar-refractivity contribution in [2.45, 2.75) is 71.9 Å². The molecule has 2 saturated carbocycles. The number of aliphatic hydroxyl groups is 1. The van der Waals surface area contributed by atoms with Crippen molar-refractivity contribution in [3.8, 4) is 0 Å². The summed E-state index contributed by atoms with van der Waals surface area (Å²) in [6.07, 6.45) is 6.23. The van der Waals surface area contributed by atoms with Crippen LogP contribution in [-0.4, -0.2) is 16.7 Å². The molecular weight excluding hydrogens is 493 g/mol. The Morgan fingerprint density at radius 3 is 2.73 bits per heavy atom. The van der Waals surface area contributed by atoms with Crippen molar-refractivity contribution < 1.29 is 18.3 Å². The van der Waals surface area contributed by atoms with E-state index in [4.69, 9.17) is 4.98 Å². The van der Waals surface area contributed by atoms with Crippen LogP contribution in [0.4, 0.5) is 24.0 Å². The van der Waals surface area contributed by atoms with Gasteiger partial charge in [0.15, 0.2) is 5.13 Å². The summed E-state index contributed by atoms with van der Waals surface area (Å²) in [6.45, 7) is 7.48. The normalized spacial score (nSPS) is 35.6. The van der Waals surface area contributed by atoms with E-state index >= 15 is 0 Å². The van der Waals surface area contributed by atoms with E-state index in [9.17, 15) is 18.3 Å². The Hall–Kier alpha value is -1.86. The lowest BCUT2D eigenvalue weighted by molar-refractivity contribution is -0.137. The monoisotopic (exact) mass is 530 g/mol. The molecule has 7 atom stereocenters. The zero-order valence-electron chi connectivity index (χ0n) is 21.9. The van der Waals surface area contributed by atoms with E-state index < -0.39 is 11.7 Å². The molecule has 0 saturated heterocycles. The number of aromatic nitrogens is 1. The van der Waals surface area contributed by atoms with Gasteiger partial charge in [0.25, 0.3) is 0 Å². The van der Waals surface area contributed by atoms with Crippen LogP contribution < -0.4 is 5.32 Å². The fourth-order valence-corrected chi connectivity index (χ4v) is 10.1. The quantitative estimate of drug-likeness (QED) is 0.418. The molecule has 0 amide bonds. The molecule has 6 rings (SSSR count). The molecule has 2 fully saturated rings. The van der Waals surface area contributed by atoms with E-state index in [0.29, 0.717) is 39.9 Å². The Bertz CT molecular complexity index is 1220. The van der Waals surface area contributed by atoms with Gasteiger partial charge in [-0.05, 0) is 109 Å². The van der Waals surface area contributed by atoms with E-state index in [1.807, 2.05) is 0 Å². The summed E-state index contributed by atoms with van der Waals surface area (Å²) in [5.74, 6) is 3.06. The zero-order chi connectivity index (χ0) is 26.2. The highest BCUT2D eigenvalue weighted by Crippen LogP contribution is 2.68. The third kappa shape index (κ3) is 3.98. The molecule has 1 aromatic carbocycles. The van der Waals surface area contributed by atoms with Crippen molar-refractivity contribution in [1.29, 1.82) is 0 Å². The minimum absolute atomic E-state index is 0.123. The lowest BCUT2D eigenvalue weighted by atomic mass is 9.47. The number of halogens is 3. The summed E-state index contributed by atoms with van der Waals surface area (Å²) in [5, 5.41) is 13.7. The van der Waals surface area contributed by atoms with Gasteiger partial charge in [0.1, 0.15) is 0 Å². The number of hydrogen-bond donors (Lipinski definition) is 2. The molecule has 2 N–H and O–H groups in total. The SMILES string of the molecule is C[C@H](CO)[C@H]1CC[C@H]2[C@@H]3CC=C4c5sc(Nc6cccc(C(F)(F)F)c6)nc5CC[C@]4(C)[C@H]3CC[C@]12C. The summed E-state index contributed by atoms with van der Waals surface area (Å²) in [4.78, 5) is 6.06. The van der Waals surface area contributed by atoms with Gasteiger partial charge >= 0.3 is 6.18 Å². The molecule has 0 spiro atoms. The highest BCUT2D eigenvalue weighted by Gasteiger charge is 2.59. The largest absolute Gasteiger partial charge is 0.416 e. The van der Waals surface area contributed by atoms with Gasteiger partial charge in [-0.25, -0.2) is 4.98 Å². The van der Waals surface area contributed by atoms with E-state index in [1.54, 1.807) is 17.4 Å². The molecule has 4 aliphatic carbocycles. The van der Waals surface area contributed by atoms with Crippen molar-refractivity contribution >= 4 is 27.7 Å². The number of nitrogens with zero attached hydrogens (tertiary/aromatic N) is 1. The van der Waals surface area contributed by atoms with Gasteiger partial charge in [-0.1, -0.05) is 44.3 Å². The first kappa shape index (κ1) is 25.4. The van der Waals surface area contributed by atoms with Crippen LogP contribution in [-0.2, 0) is 12.6 Å². The molecule has 1 aromatic heterocycles. The van der Waals surface area contributed by atoms with Crippen molar-refractivity contribution in [2.24, 2.45) is 40.4 Å². The van der Waals surface area contributed by atoms with Crippen LogP contribution in [0.3, 0.4) is 0 Å². The number of fused-ring (bicyclic) bond motifs is 7. The molecule has 0 aliphatic heterocycles. The smallest absolute Gasteiger partial charge is 0.396 e. The molecule has 3 nitrogen and oxygen atoms in total. The van der Waals surface area contributed by atoms with Crippen LogP contribution >= 0.6 is 11.3 Å². The number of allylic oxidation sites excluding steroid dienone is 2. The number of aliphatic hydroxyl groups excluding tert-OH is 1. The molecule has 200 valence electrons. The molecule has 37 heavy (non-hydrogen) atoms. The first-order valence-electron chi connectivity index (χ1n) is 13.8. The number of aryl methyl sites for hydroxylation is 1. The van der Waals surface area contributed by atoms with Crippen molar-refractivity contribution in [2.75, 3.05) is 11.9 Å². The lowest BCUT2D eigenvalue weighted by Gasteiger charge is -2.57. The molecule has 0 unspecified atom stereocenters.